The molecular formula is C40H36N2O4S2. The van der Waals surface area contributed by atoms with Crippen LogP contribution in [-0.4, -0.2) is 11.9 Å². The van der Waals surface area contributed by atoms with Crippen LogP contribution in [0.4, 0.5) is 0 Å². The van der Waals surface area contributed by atoms with E-state index in [1.165, 1.54) is 23.5 Å². The molecule has 2 saturated carbocycles. The number of thioether (sulfide) groups is 2. The van der Waals surface area contributed by atoms with Gasteiger partial charge in [-0.2, -0.15) is 10.5 Å². The van der Waals surface area contributed by atoms with Gasteiger partial charge in [0.15, 0.2) is 11.5 Å². The van der Waals surface area contributed by atoms with Gasteiger partial charge in [-0.05, 0) is 85.5 Å². The van der Waals surface area contributed by atoms with Crippen molar-refractivity contribution in [1.82, 2.24) is 0 Å². The average molecular weight is 673 g/mol. The zero-order chi connectivity index (χ0) is 33.1. The molecule has 0 aromatic heterocycles. The van der Waals surface area contributed by atoms with Gasteiger partial charge in [0.1, 0.15) is 17.7 Å². The Bertz CT molecular complexity index is 1790. The number of carbonyl (C=O) groups is 2. The van der Waals surface area contributed by atoms with Crippen LogP contribution in [-0.2, 0) is 9.59 Å². The lowest BCUT2D eigenvalue weighted by molar-refractivity contribution is -0.141. The molecular weight excluding hydrogens is 637 g/mol. The number of hydrogen-bond acceptors (Lipinski definition) is 8. The summed E-state index contributed by atoms with van der Waals surface area (Å²) in [5, 5.41) is 19.8. The van der Waals surface area contributed by atoms with Crippen molar-refractivity contribution in [3.05, 3.63) is 91.7 Å². The maximum atomic E-state index is 14.0. The van der Waals surface area contributed by atoms with Gasteiger partial charge in [-0.1, -0.05) is 85.9 Å². The van der Waals surface area contributed by atoms with E-state index in [4.69, 9.17) is 9.47 Å². The third-order valence-electron chi connectivity index (χ3n) is 11.1. The van der Waals surface area contributed by atoms with E-state index in [-0.39, 0.29) is 41.2 Å². The number of allylic oxidation sites excluding steroid dienone is 1. The summed E-state index contributed by atoms with van der Waals surface area (Å²) in [7, 11) is 0. The fourth-order valence-electron chi connectivity index (χ4n) is 8.47. The van der Waals surface area contributed by atoms with Crippen LogP contribution in [0.15, 0.2) is 68.1 Å². The third-order valence-corrected chi connectivity index (χ3v) is 13.7. The molecule has 0 N–H and O–H groups in total. The van der Waals surface area contributed by atoms with Crippen LogP contribution in [0, 0.1) is 46.3 Å². The molecule has 0 unspecified atom stereocenters. The first-order chi connectivity index (χ1) is 23.4. The molecule has 6 aliphatic rings. The maximum Gasteiger partial charge on any atom is 0.314 e. The van der Waals surface area contributed by atoms with Crippen LogP contribution in [0.3, 0.4) is 0 Å². The molecule has 0 atom stereocenters. The van der Waals surface area contributed by atoms with Crippen molar-refractivity contribution in [3.63, 3.8) is 0 Å². The number of nitriles is 2. The molecule has 3 aromatic carbocycles. The van der Waals surface area contributed by atoms with E-state index in [1.807, 2.05) is 36.4 Å². The molecule has 0 amide bonds. The molecule has 5 aliphatic carbocycles. The molecule has 9 rings (SSSR count). The lowest BCUT2D eigenvalue weighted by Gasteiger charge is -2.43. The Labute approximate surface area is 289 Å². The van der Waals surface area contributed by atoms with Crippen molar-refractivity contribution >= 4 is 35.5 Å². The summed E-state index contributed by atoms with van der Waals surface area (Å²) >= 11 is 2.56. The van der Waals surface area contributed by atoms with E-state index < -0.39 is 0 Å². The van der Waals surface area contributed by atoms with Gasteiger partial charge in [0.25, 0.3) is 0 Å². The van der Waals surface area contributed by atoms with Crippen molar-refractivity contribution in [2.24, 2.45) is 23.7 Å². The smallest absolute Gasteiger partial charge is 0.314 e. The second kappa shape index (κ2) is 12.5. The first-order valence-corrected chi connectivity index (χ1v) is 18.8. The summed E-state index contributed by atoms with van der Waals surface area (Å²) in [5.74, 6) is 0.803. The van der Waals surface area contributed by atoms with Crippen LogP contribution >= 0.6 is 23.5 Å². The van der Waals surface area contributed by atoms with Gasteiger partial charge in [-0.25, -0.2) is 0 Å². The number of esters is 2. The average Bonchev–Trinajstić information content (AvgIpc) is 3.55. The van der Waals surface area contributed by atoms with Crippen molar-refractivity contribution < 1.29 is 19.1 Å². The van der Waals surface area contributed by atoms with Gasteiger partial charge < -0.3 is 9.47 Å². The number of hydrogen-bond donors (Lipinski definition) is 0. The predicted molar refractivity (Wildman–Crippen MR) is 185 cm³/mol. The number of carbonyl (C=O) groups excluding carboxylic acids is 2. The minimum absolute atomic E-state index is 0.00851. The summed E-state index contributed by atoms with van der Waals surface area (Å²) in [5.41, 5.74) is 6.31. The summed E-state index contributed by atoms with van der Waals surface area (Å²) in [6, 6.07) is 20.9. The Kier molecular flexibility index (Phi) is 8.14. The van der Waals surface area contributed by atoms with Gasteiger partial charge >= 0.3 is 11.9 Å². The predicted octanol–water partition coefficient (Wildman–Crippen LogP) is 9.59. The maximum absolute atomic E-state index is 14.0. The van der Waals surface area contributed by atoms with E-state index in [2.05, 4.69) is 38.1 Å². The van der Waals surface area contributed by atoms with Crippen molar-refractivity contribution in [2.45, 2.75) is 86.8 Å². The molecule has 1 heterocycles. The highest BCUT2D eigenvalue weighted by Crippen LogP contribution is 2.68. The first-order valence-electron chi connectivity index (χ1n) is 17.1. The molecule has 2 bridgehead atoms. The lowest BCUT2D eigenvalue weighted by Crippen LogP contribution is -2.32. The first kappa shape index (κ1) is 31.3. The largest absolute Gasteiger partial charge is 0.425 e. The standard InChI is InChI=1S/C40H36N2O4S2/c1-21-11-15-23(16-12-21)38(43)45-34-32-30-26-7-3-5-9-28(26)31(29-10-6-4-8-27(29)30)33(32)35(46-39(44)24-17-13-22(2)14-18-24)37-36(34)47-40(48-37)25(19-41)20-42/h3-10,21-24,30-31H,11-18H2,1-2H3. The fourth-order valence-corrected chi connectivity index (χ4v) is 11.0. The fraction of sp³-hybridized carbons (Fsp3) is 0.400. The van der Waals surface area contributed by atoms with Crippen molar-refractivity contribution in [2.75, 3.05) is 0 Å². The van der Waals surface area contributed by atoms with Crippen molar-refractivity contribution in [1.29, 1.82) is 10.5 Å². The van der Waals surface area contributed by atoms with Crippen LogP contribution in [0.25, 0.3) is 0 Å². The van der Waals surface area contributed by atoms with Crippen LogP contribution in [0.1, 0.15) is 110 Å². The van der Waals surface area contributed by atoms with Gasteiger partial charge in [0, 0.05) is 23.0 Å². The molecule has 0 spiro atoms. The summed E-state index contributed by atoms with van der Waals surface area (Å²) < 4.78 is 13.7. The number of nitrogens with zero attached hydrogens (tertiary/aromatic N) is 2. The molecule has 242 valence electrons. The van der Waals surface area contributed by atoms with Gasteiger partial charge in [-0.15, -0.1) is 0 Å². The second-order valence-electron chi connectivity index (χ2n) is 14.1. The van der Waals surface area contributed by atoms with Crippen LogP contribution in [0.5, 0.6) is 11.5 Å². The molecule has 1 aliphatic heterocycles. The number of ether oxygens (including phenoxy) is 2. The van der Waals surface area contributed by atoms with Gasteiger partial charge in [-0.3, -0.25) is 9.59 Å². The number of benzene rings is 3. The lowest BCUT2D eigenvalue weighted by atomic mass is 9.60. The minimum atomic E-state index is -0.241. The quantitative estimate of drug-likeness (QED) is 0.106. The van der Waals surface area contributed by atoms with Crippen LogP contribution in [0.2, 0.25) is 0 Å². The van der Waals surface area contributed by atoms with Crippen LogP contribution < -0.4 is 9.47 Å². The minimum Gasteiger partial charge on any atom is -0.425 e. The van der Waals surface area contributed by atoms with E-state index in [1.54, 1.807) is 0 Å². The number of fused-ring (bicyclic) bond motifs is 1. The summed E-state index contributed by atoms with van der Waals surface area (Å²) in [6.45, 7) is 4.46. The zero-order valence-corrected chi connectivity index (χ0v) is 28.7. The topological polar surface area (TPSA) is 100 Å². The Balaban J connectivity index is 1.36. The molecule has 8 heteroatoms. The highest BCUT2D eigenvalue weighted by Gasteiger charge is 2.49. The van der Waals surface area contributed by atoms with Crippen molar-refractivity contribution in [3.8, 4) is 23.6 Å². The molecule has 2 fully saturated rings. The summed E-state index contributed by atoms with van der Waals surface area (Å²) in [4.78, 5) is 29.4. The second-order valence-corrected chi connectivity index (χ2v) is 16.4. The third kappa shape index (κ3) is 5.08. The number of rotatable bonds is 4. The Morgan fingerprint density at radius 1 is 0.625 bits per heavy atom. The summed E-state index contributed by atoms with van der Waals surface area (Å²) in [6.07, 6.45) is 7.11. The molecule has 6 nitrogen and oxygen atoms in total. The van der Waals surface area contributed by atoms with Gasteiger partial charge in [0.2, 0.25) is 0 Å². The molecule has 48 heavy (non-hydrogen) atoms. The Morgan fingerprint density at radius 3 is 1.31 bits per heavy atom. The Hall–Kier alpha value is -3.98. The van der Waals surface area contributed by atoms with E-state index in [0.717, 1.165) is 84.7 Å². The van der Waals surface area contributed by atoms with E-state index in [0.29, 0.717) is 37.4 Å². The van der Waals surface area contributed by atoms with E-state index >= 15 is 0 Å². The van der Waals surface area contributed by atoms with E-state index in [9.17, 15) is 20.1 Å². The highest BCUT2D eigenvalue weighted by molar-refractivity contribution is 8.24. The zero-order valence-electron chi connectivity index (χ0n) is 27.1. The molecule has 0 saturated heterocycles. The monoisotopic (exact) mass is 672 g/mol. The SMILES string of the molecule is CC1CCC(C(=O)Oc2c3c(c(OC(=O)C4CCC(C)CC4)c4c2C2c5ccccc5C4c4ccccc42)SC(=C(C#N)C#N)S3)CC1. The normalized spacial score (nSPS) is 26.2. The van der Waals surface area contributed by atoms with Gasteiger partial charge in [0.05, 0.1) is 25.9 Å². The molecule has 0 radical (unpaired) electrons. The highest BCUT2D eigenvalue weighted by atomic mass is 32.2. The molecule has 3 aromatic rings. The Morgan fingerprint density at radius 2 is 0.979 bits per heavy atom.